The van der Waals surface area contributed by atoms with Crippen molar-refractivity contribution >= 4 is 32.8 Å². The predicted molar refractivity (Wildman–Crippen MR) is 117 cm³/mol. The van der Waals surface area contributed by atoms with Crippen molar-refractivity contribution in [1.82, 2.24) is 4.98 Å². The molecule has 0 spiro atoms. The molecule has 0 aliphatic carbocycles. The molecule has 3 aromatic rings. The van der Waals surface area contributed by atoms with Crippen LogP contribution in [-0.4, -0.2) is 32.1 Å². The summed E-state index contributed by atoms with van der Waals surface area (Å²) in [4.78, 5) is 19.6. The average molecular weight is 443 g/mol. The van der Waals surface area contributed by atoms with E-state index in [-0.39, 0.29) is 10.8 Å². The smallest absolute Gasteiger partial charge is 0.258 e. The Morgan fingerprint density at radius 3 is 2.80 bits per heavy atom. The maximum absolute atomic E-state index is 13.2. The quantitative estimate of drug-likeness (QED) is 0.596. The number of hydrogen-bond acceptors (Lipinski definition) is 6. The van der Waals surface area contributed by atoms with Crippen molar-refractivity contribution in [3.63, 3.8) is 0 Å². The standard InChI is InChI=1S/C22H22N2O4S2/c1-15-23-18(14-29-15)13-28-19-7-3-5-17(11-19)22(25)24-10-4-6-16-12-20(30(2,26)27)8-9-21(16)24/h3,5,7-9,11-12,14H,4,6,10,13H2,1-2H3. The summed E-state index contributed by atoms with van der Waals surface area (Å²) < 4.78 is 29.5. The Morgan fingerprint density at radius 2 is 2.07 bits per heavy atom. The van der Waals surface area contributed by atoms with E-state index in [0.29, 0.717) is 24.5 Å². The van der Waals surface area contributed by atoms with Gasteiger partial charge in [-0.15, -0.1) is 11.3 Å². The third-order valence-electron chi connectivity index (χ3n) is 4.98. The second-order valence-corrected chi connectivity index (χ2v) is 10.4. The van der Waals surface area contributed by atoms with Crippen LogP contribution in [0.15, 0.2) is 52.7 Å². The van der Waals surface area contributed by atoms with Gasteiger partial charge in [-0.25, -0.2) is 13.4 Å². The SMILES string of the molecule is Cc1nc(COc2cccc(C(=O)N3CCCc4cc(S(C)(=O)=O)ccc43)c2)cs1. The number of benzene rings is 2. The lowest BCUT2D eigenvalue weighted by molar-refractivity contribution is 0.0984. The van der Waals surface area contributed by atoms with Crippen LogP contribution in [0.25, 0.3) is 0 Å². The van der Waals surface area contributed by atoms with Gasteiger partial charge < -0.3 is 9.64 Å². The van der Waals surface area contributed by atoms with Gasteiger partial charge in [0, 0.05) is 29.4 Å². The van der Waals surface area contributed by atoms with E-state index in [9.17, 15) is 13.2 Å². The largest absolute Gasteiger partial charge is 0.487 e. The first kappa shape index (κ1) is 20.6. The first-order valence-corrected chi connectivity index (χ1v) is 12.4. The maximum atomic E-state index is 13.2. The Hall–Kier alpha value is -2.71. The number of aryl methyl sites for hydroxylation is 2. The molecule has 0 radical (unpaired) electrons. The van der Waals surface area contributed by atoms with Crippen LogP contribution in [0, 0.1) is 6.92 Å². The van der Waals surface area contributed by atoms with Crippen LogP contribution in [0.3, 0.4) is 0 Å². The first-order valence-electron chi connectivity index (χ1n) is 9.60. The van der Waals surface area contributed by atoms with E-state index >= 15 is 0 Å². The Bertz CT molecular complexity index is 1200. The van der Waals surface area contributed by atoms with Gasteiger partial charge in [-0.05, 0) is 61.7 Å². The van der Waals surface area contributed by atoms with Crippen molar-refractivity contribution in [2.24, 2.45) is 0 Å². The fourth-order valence-corrected chi connectivity index (χ4v) is 4.79. The highest BCUT2D eigenvalue weighted by molar-refractivity contribution is 7.90. The summed E-state index contributed by atoms with van der Waals surface area (Å²) in [6.45, 7) is 2.89. The number of fused-ring (bicyclic) bond motifs is 1. The fourth-order valence-electron chi connectivity index (χ4n) is 3.52. The second-order valence-electron chi connectivity index (χ2n) is 7.30. The van der Waals surface area contributed by atoms with Crippen LogP contribution < -0.4 is 9.64 Å². The van der Waals surface area contributed by atoms with Crippen molar-refractivity contribution in [3.8, 4) is 5.75 Å². The molecule has 0 atom stereocenters. The molecule has 1 aromatic heterocycles. The van der Waals surface area contributed by atoms with E-state index in [0.717, 1.165) is 34.8 Å². The summed E-state index contributed by atoms with van der Waals surface area (Å²) in [7, 11) is -3.28. The number of hydrogen-bond donors (Lipinski definition) is 0. The van der Waals surface area contributed by atoms with Gasteiger partial charge in [-0.1, -0.05) is 6.07 Å². The van der Waals surface area contributed by atoms with Crippen LogP contribution in [0.4, 0.5) is 5.69 Å². The van der Waals surface area contributed by atoms with Crippen LogP contribution in [0.2, 0.25) is 0 Å². The van der Waals surface area contributed by atoms with E-state index < -0.39 is 9.84 Å². The van der Waals surface area contributed by atoms with Gasteiger partial charge in [-0.3, -0.25) is 4.79 Å². The molecule has 0 fully saturated rings. The number of sulfone groups is 1. The lowest BCUT2D eigenvalue weighted by Crippen LogP contribution is -2.35. The molecule has 2 aromatic carbocycles. The van der Waals surface area contributed by atoms with Crippen molar-refractivity contribution in [2.75, 3.05) is 17.7 Å². The highest BCUT2D eigenvalue weighted by Crippen LogP contribution is 2.31. The molecule has 1 amide bonds. The molecular weight excluding hydrogens is 420 g/mol. The minimum absolute atomic E-state index is 0.127. The molecule has 2 heterocycles. The number of thiazole rings is 1. The molecule has 156 valence electrons. The number of anilines is 1. The Kier molecular flexibility index (Phi) is 5.62. The highest BCUT2D eigenvalue weighted by atomic mass is 32.2. The highest BCUT2D eigenvalue weighted by Gasteiger charge is 2.25. The van der Waals surface area contributed by atoms with Gasteiger partial charge in [0.1, 0.15) is 12.4 Å². The van der Waals surface area contributed by atoms with Crippen LogP contribution in [0.5, 0.6) is 5.75 Å². The molecule has 0 saturated heterocycles. The number of nitrogens with zero attached hydrogens (tertiary/aromatic N) is 2. The fraction of sp³-hybridized carbons (Fsp3) is 0.273. The molecule has 4 rings (SSSR count). The summed E-state index contributed by atoms with van der Waals surface area (Å²) in [5, 5.41) is 2.94. The second kappa shape index (κ2) is 8.20. The molecule has 0 bridgehead atoms. The third kappa shape index (κ3) is 4.39. The van der Waals surface area contributed by atoms with E-state index in [2.05, 4.69) is 4.98 Å². The van der Waals surface area contributed by atoms with E-state index in [4.69, 9.17) is 4.74 Å². The summed E-state index contributed by atoms with van der Waals surface area (Å²) in [5.74, 6) is 0.481. The van der Waals surface area contributed by atoms with Gasteiger partial charge >= 0.3 is 0 Å². The third-order valence-corrected chi connectivity index (χ3v) is 6.91. The molecule has 30 heavy (non-hydrogen) atoms. The van der Waals surface area contributed by atoms with E-state index in [1.165, 1.54) is 6.26 Å². The molecule has 1 aliphatic heterocycles. The number of aromatic nitrogens is 1. The first-order chi connectivity index (χ1) is 14.3. The van der Waals surface area contributed by atoms with Crippen LogP contribution >= 0.6 is 11.3 Å². The van der Waals surface area contributed by atoms with Crippen LogP contribution in [-0.2, 0) is 22.9 Å². The maximum Gasteiger partial charge on any atom is 0.258 e. The summed E-state index contributed by atoms with van der Waals surface area (Å²) >= 11 is 1.57. The van der Waals surface area contributed by atoms with Gasteiger partial charge in [0.05, 0.1) is 15.6 Å². The lowest BCUT2D eigenvalue weighted by Gasteiger charge is -2.30. The lowest BCUT2D eigenvalue weighted by atomic mass is 10.0. The van der Waals surface area contributed by atoms with Crippen molar-refractivity contribution in [2.45, 2.75) is 31.3 Å². The number of carbonyl (C=O) groups is 1. The number of rotatable bonds is 5. The van der Waals surface area contributed by atoms with Crippen LogP contribution in [0.1, 0.15) is 33.0 Å². The molecule has 8 heteroatoms. The normalized spacial score (nSPS) is 13.7. The van der Waals surface area contributed by atoms with Crippen molar-refractivity contribution in [1.29, 1.82) is 0 Å². The van der Waals surface area contributed by atoms with E-state index in [1.807, 2.05) is 18.4 Å². The zero-order chi connectivity index (χ0) is 21.3. The molecular formula is C22H22N2O4S2. The Labute approximate surface area is 180 Å². The van der Waals surface area contributed by atoms with Crippen molar-refractivity contribution in [3.05, 3.63) is 69.7 Å². The zero-order valence-corrected chi connectivity index (χ0v) is 18.4. The summed E-state index contributed by atoms with van der Waals surface area (Å²) in [6.07, 6.45) is 2.73. The average Bonchev–Trinajstić information content (AvgIpc) is 3.15. The van der Waals surface area contributed by atoms with E-state index in [1.54, 1.807) is 52.6 Å². The van der Waals surface area contributed by atoms with Crippen molar-refractivity contribution < 1.29 is 17.9 Å². The minimum atomic E-state index is -3.28. The Balaban J connectivity index is 1.55. The van der Waals surface area contributed by atoms with Gasteiger partial charge in [0.15, 0.2) is 9.84 Å². The predicted octanol–water partition coefficient (Wildman–Crippen LogP) is 4.03. The molecule has 0 N–H and O–H groups in total. The number of ether oxygens (including phenoxy) is 1. The molecule has 1 aliphatic rings. The minimum Gasteiger partial charge on any atom is -0.487 e. The number of amides is 1. The Morgan fingerprint density at radius 1 is 1.23 bits per heavy atom. The monoisotopic (exact) mass is 442 g/mol. The van der Waals surface area contributed by atoms with Gasteiger partial charge in [-0.2, -0.15) is 0 Å². The van der Waals surface area contributed by atoms with Gasteiger partial charge in [0.25, 0.3) is 5.91 Å². The molecule has 0 unspecified atom stereocenters. The molecule has 6 nitrogen and oxygen atoms in total. The summed E-state index contributed by atoms with van der Waals surface area (Å²) in [6, 6.07) is 12.1. The topological polar surface area (TPSA) is 76.6 Å². The zero-order valence-electron chi connectivity index (χ0n) is 16.8. The molecule has 0 saturated carbocycles. The number of carbonyl (C=O) groups excluding carboxylic acids is 1. The van der Waals surface area contributed by atoms with Gasteiger partial charge in [0.2, 0.25) is 0 Å². The summed E-state index contributed by atoms with van der Waals surface area (Å²) in [5.41, 5.74) is 3.04.